The minimum absolute atomic E-state index is 0.114. The van der Waals surface area contributed by atoms with Gasteiger partial charge in [-0.2, -0.15) is 0 Å². The molecule has 0 bridgehead atoms. The summed E-state index contributed by atoms with van der Waals surface area (Å²) in [6, 6.07) is 3.44. The summed E-state index contributed by atoms with van der Waals surface area (Å²) in [5.74, 6) is 1.45. The molecule has 148 valence electrons. The number of rotatable bonds is 9. The number of ether oxygens (including phenoxy) is 3. The summed E-state index contributed by atoms with van der Waals surface area (Å²) in [5.41, 5.74) is 0.288. The fourth-order valence-electron chi connectivity index (χ4n) is 3.27. The molecule has 26 heavy (non-hydrogen) atoms. The number of carbonyl (C=O) groups excluding carboxylic acids is 1. The second-order valence-electron chi connectivity index (χ2n) is 8.18. The number of nitrogens with one attached hydrogen (secondary N) is 1. The molecule has 0 saturated heterocycles. The largest absolute Gasteiger partial charge is 0.490 e. The average Bonchev–Trinajstić information content (AvgIpc) is 2.47. The van der Waals surface area contributed by atoms with Gasteiger partial charge in [-0.15, -0.1) is 0 Å². The van der Waals surface area contributed by atoms with Crippen LogP contribution in [0.2, 0.25) is 0 Å². The summed E-state index contributed by atoms with van der Waals surface area (Å²) < 4.78 is 17.1. The minimum Gasteiger partial charge on any atom is -0.490 e. The smallest absolute Gasteiger partial charge is 0.251 e. The van der Waals surface area contributed by atoms with Gasteiger partial charge in [0.1, 0.15) is 0 Å². The van der Waals surface area contributed by atoms with Crippen molar-refractivity contribution in [3.05, 3.63) is 17.7 Å². The molecular weight excluding hydrogens is 330 g/mol. The Labute approximate surface area is 158 Å². The zero-order chi connectivity index (χ0) is 20.0. The molecule has 5 nitrogen and oxygen atoms in total. The molecular formula is C21H35NO4. The molecule has 1 aromatic carbocycles. The third kappa shape index (κ3) is 6.77. The van der Waals surface area contributed by atoms with Crippen molar-refractivity contribution in [1.82, 2.24) is 5.32 Å². The third-order valence-corrected chi connectivity index (χ3v) is 3.60. The zero-order valence-electron chi connectivity index (χ0n) is 17.6. The van der Waals surface area contributed by atoms with Gasteiger partial charge in [0.15, 0.2) is 11.5 Å². The predicted molar refractivity (Wildman–Crippen MR) is 106 cm³/mol. The number of amides is 1. The van der Waals surface area contributed by atoms with Crippen molar-refractivity contribution < 1.29 is 19.0 Å². The fourth-order valence-corrected chi connectivity index (χ4v) is 3.27. The van der Waals surface area contributed by atoms with Crippen molar-refractivity contribution in [2.24, 2.45) is 5.41 Å². The molecule has 0 heterocycles. The first-order valence-corrected chi connectivity index (χ1v) is 9.42. The maximum Gasteiger partial charge on any atom is 0.251 e. The Morgan fingerprint density at radius 2 is 1.35 bits per heavy atom. The molecule has 0 fully saturated rings. The quantitative estimate of drug-likeness (QED) is 0.681. The van der Waals surface area contributed by atoms with E-state index < -0.39 is 0 Å². The van der Waals surface area contributed by atoms with E-state index in [1.807, 2.05) is 34.6 Å². The maximum absolute atomic E-state index is 12.9. The van der Waals surface area contributed by atoms with Gasteiger partial charge in [0.2, 0.25) is 5.75 Å². The molecule has 1 aromatic rings. The number of carbonyl (C=O) groups is 1. The van der Waals surface area contributed by atoms with Crippen LogP contribution >= 0.6 is 0 Å². The van der Waals surface area contributed by atoms with E-state index in [9.17, 15) is 4.79 Å². The normalized spacial score (nSPS) is 11.8. The van der Waals surface area contributed by atoms with Crippen molar-refractivity contribution >= 4 is 5.91 Å². The second kappa shape index (κ2) is 9.15. The van der Waals surface area contributed by atoms with E-state index in [0.29, 0.717) is 42.6 Å². The Morgan fingerprint density at radius 3 is 1.73 bits per heavy atom. The predicted octanol–water partition coefficient (Wildman–Crippen LogP) is 4.83. The standard InChI is InChI=1S/C21H35NO4/c1-9-24-16-12-15(13-17(25-10-2)18(16)26-11-3)19(23)22-21(7,8)14-20(4,5)6/h12-13H,9-11,14H2,1-8H3,(H,22,23). The van der Waals surface area contributed by atoms with Crippen molar-refractivity contribution in [1.29, 1.82) is 0 Å². The van der Waals surface area contributed by atoms with Crippen molar-refractivity contribution in [2.75, 3.05) is 19.8 Å². The van der Waals surface area contributed by atoms with Crippen LogP contribution in [0.25, 0.3) is 0 Å². The molecule has 0 saturated carbocycles. The van der Waals surface area contributed by atoms with Crippen molar-refractivity contribution in [3.63, 3.8) is 0 Å². The third-order valence-electron chi connectivity index (χ3n) is 3.60. The lowest BCUT2D eigenvalue weighted by Gasteiger charge is -2.33. The maximum atomic E-state index is 12.9. The van der Waals surface area contributed by atoms with E-state index in [-0.39, 0.29) is 16.9 Å². The summed E-state index contributed by atoms with van der Waals surface area (Å²) in [6.45, 7) is 17.7. The Bertz CT molecular complexity index is 576. The number of hydrogen-bond acceptors (Lipinski definition) is 4. The van der Waals surface area contributed by atoms with E-state index in [1.165, 1.54) is 0 Å². The highest BCUT2D eigenvalue weighted by Gasteiger charge is 2.28. The molecule has 0 aromatic heterocycles. The van der Waals surface area contributed by atoms with E-state index >= 15 is 0 Å². The summed E-state index contributed by atoms with van der Waals surface area (Å²) in [5, 5.41) is 3.13. The minimum atomic E-state index is -0.328. The fraction of sp³-hybridized carbons (Fsp3) is 0.667. The van der Waals surface area contributed by atoms with Gasteiger partial charge in [-0.3, -0.25) is 4.79 Å². The van der Waals surface area contributed by atoms with E-state index in [1.54, 1.807) is 12.1 Å². The van der Waals surface area contributed by atoms with E-state index in [2.05, 4.69) is 26.1 Å². The van der Waals surface area contributed by atoms with Crippen LogP contribution in [0.1, 0.15) is 72.2 Å². The van der Waals surface area contributed by atoms with Crippen molar-refractivity contribution in [2.45, 2.75) is 67.3 Å². The Balaban J connectivity index is 3.19. The lowest BCUT2D eigenvalue weighted by Crippen LogP contribution is -2.45. The molecule has 0 aliphatic rings. The van der Waals surface area contributed by atoms with Gasteiger partial charge in [-0.05, 0) is 58.6 Å². The van der Waals surface area contributed by atoms with Gasteiger partial charge in [0.05, 0.1) is 19.8 Å². The first-order valence-electron chi connectivity index (χ1n) is 9.42. The molecule has 0 spiro atoms. The molecule has 0 atom stereocenters. The molecule has 1 amide bonds. The highest BCUT2D eigenvalue weighted by molar-refractivity contribution is 5.96. The van der Waals surface area contributed by atoms with Gasteiger partial charge in [0.25, 0.3) is 5.91 Å². The molecule has 0 aliphatic heterocycles. The van der Waals surface area contributed by atoms with Crippen LogP contribution in [0.4, 0.5) is 0 Å². The summed E-state index contributed by atoms with van der Waals surface area (Å²) in [6.07, 6.45) is 0.861. The first-order chi connectivity index (χ1) is 12.0. The summed E-state index contributed by atoms with van der Waals surface area (Å²) in [4.78, 5) is 12.9. The highest BCUT2D eigenvalue weighted by atomic mass is 16.5. The van der Waals surface area contributed by atoms with Gasteiger partial charge in [-0.1, -0.05) is 20.8 Å². The molecule has 1 N–H and O–H groups in total. The number of hydrogen-bond donors (Lipinski definition) is 1. The van der Waals surface area contributed by atoms with E-state index in [4.69, 9.17) is 14.2 Å². The van der Waals surface area contributed by atoms with Crippen LogP contribution < -0.4 is 19.5 Å². The highest BCUT2D eigenvalue weighted by Crippen LogP contribution is 2.39. The van der Waals surface area contributed by atoms with Crippen LogP contribution in [-0.2, 0) is 0 Å². The van der Waals surface area contributed by atoms with Gasteiger partial charge in [-0.25, -0.2) is 0 Å². The molecule has 5 heteroatoms. The first kappa shape index (κ1) is 22.1. The lowest BCUT2D eigenvalue weighted by molar-refractivity contribution is 0.0890. The number of benzene rings is 1. The molecule has 0 radical (unpaired) electrons. The van der Waals surface area contributed by atoms with Crippen LogP contribution in [0.5, 0.6) is 17.2 Å². The Kier molecular flexibility index (Phi) is 7.79. The van der Waals surface area contributed by atoms with Crippen LogP contribution in [0.3, 0.4) is 0 Å². The van der Waals surface area contributed by atoms with Crippen LogP contribution in [0.15, 0.2) is 12.1 Å². The molecule has 1 rings (SSSR count). The van der Waals surface area contributed by atoms with Gasteiger partial charge >= 0.3 is 0 Å². The van der Waals surface area contributed by atoms with Crippen LogP contribution in [0, 0.1) is 5.41 Å². The summed E-state index contributed by atoms with van der Waals surface area (Å²) in [7, 11) is 0. The Morgan fingerprint density at radius 1 is 0.885 bits per heavy atom. The molecule has 0 unspecified atom stereocenters. The molecule has 0 aliphatic carbocycles. The monoisotopic (exact) mass is 365 g/mol. The SMILES string of the molecule is CCOc1cc(C(=O)NC(C)(C)CC(C)(C)C)cc(OCC)c1OCC. The van der Waals surface area contributed by atoms with E-state index in [0.717, 1.165) is 6.42 Å². The Hall–Kier alpha value is -1.91. The van der Waals surface area contributed by atoms with Gasteiger partial charge in [0, 0.05) is 11.1 Å². The van der Waals surface area contributed by atoms with Crippen LogP contribution in [-0.4, -0.2) is 31.3 Å². The topological polar surface area (TPSA) is 56.8 Å². The average molecular weight is 366 g/mol. The lowest BCUT2D eigenvalue weighted by atomic mass is 9.81. The van der Waals surface area contributed by atoms with Crippen molar-refractivity contribution in [3.8, 4) is 17.2 Å². The zero-order valence-corrected chi connectivity index (χ0v) is 17.6. The second-order valence-corrected chi connectivity index (χ2v) is 8.18. The summed E-state index contributed by atoms with van der Waals surface area (Å²) >= 11 is 0. The van der Waals surface area contributed by atoms with Gasteiger partial charge < -0.3 is 19.5 Å².